The van der Waals surface area contributed by atoms with Crippen LogP contribution >= 0.6 is 0 Å². The summed E-state index contributed by atoms with van der Waals surface area (Å²) in [5.74, 6) is 0.933. The highest BCUT2D eigenvalue weighted by Gasteiger charge is 2.15. The van der Waals surface area contributed by atoms with E-state index in [9.17, 15) is 4.79 Å². The zero-order valence-corrected chi connectivity index (χ0v) is 16.9. The van der Waals surface area contributed by atoms with Crippen molar-refractivity contribution >= 4 is 16.8 Å². The van der Waals surface area contributed by atoms with Crippen LogP contribution in [0.25, 0.3) is 10.9 Å². The molecule has 1 atom stereocenters. The molecule has 3 aromatic rings. The fourth-order valence-corrected chi connectivity index (χ4v) is 3.50. The molecule has 5 heteroatoms. The summed E-state index contributed by atoms with van der Waals surface area (Å²) in [6.45, 7) is 0.589. The number of benzene rings is 2. The number of rotatable bonds is 9. The number of fused-ring (bicyclic) bond motifs is 1. The fourth-order valence-electron chi connectivity index (χ4n) is 3.50. The van der Waals surface area contributed by atoms with Crippen molar-refractivity contribution in [1.29, 1.82) is 0 Å². The molecule has 28 heavy (non-hydrogen) atoms. The minimum Gasteiger partial charge on any atom is -0.497 e. The van der Waals surface area contributed by atoms with Gasteiger partial charge in [0.2, 0.25) is 5.91 Å². The van der Waals surface area contributed by atoms with Crippen LogP contribution in [0.2, 0.25) is 0 Å². The molecule has 5 nitrogen and oxygen atoms in total. The van der Waals surface area contributed by atoms with Gasteiger partial charge in [0, 0.05) is 30.1 Å². The topological polar surface area (TPSA) is 57.4 Å². The molecule has 148 valence electrons. The molecule has 0 radical (unpaired) electrons. The van der Waals surface area contributed by atoms with Gasteiger partial charge in [0.15, 0.2) is 0 Å². The number of ether oxygens (including phenoxy) is 1. The van der Waals surface area contributed by atoms with E-state index in [4.69, 9.17) is 4.74 Å². The van der Waals surface area contributed by atoms with Crippen LogP contribution < -0.4 is 10.1 Å². The van der Waals surface area contributed by atoms with Gasteiger partial charge in [-0.1, -0.05) is 30.3 Å². The Labute approximate surface area is 166 Å². The number of amides is 1. The smallest absolute Gasteiger partial charge is 0.220 e. The Hall–Kier alpha value is -2.79. The predicted octanol–water partition coefficient (Wildman–Crippen LogP) is 3.92. The van der Waals surface area contributed by atoms with E-state index in [0.29, 0.717) is 13.0 Å². The molecule has 0 spiro atoms. The number of nitrogens with one attached hydrogen (secondary N) is 2. The molecule has 2 aromatic carbocycles. The molecular formula is C23H29N3O2. The maximum absolute atomic E-state index is 12.3. The second-order valence-corrected chi connectivity index (χ2v) is 7.27. The lowest BCUT2D eigenvalue weighted by Gasteiger charge is -2.25. The highest BCUT2D eigenvalue weighted by molar-refractivity contribution is 5.83. The Morgan fingerprint density at radius 3 is 2.61 bits per heavy atom. The van der Waals surface area contributed by atoms with Gasteiger partial charge in [-0.2, -0.15) is 0 Å². The van der Waals surface area contributed by atoms with Crippen LogP contribution in [0.4, 0.5) is 0 Å². The maximum Gasteiger partial charge on any atom is 0.220 e. The third kappa shape index (κ3) is 4.93. The SMILES string of the molecule is COc1ccc(C(CNC(=O)CCCc2c[nH]c3ccccc23)N(C)C)cc1. The summed E-state index contributed by atoms with van der Waals surface area (Å²) in [5, 5.41) is 4.33. The monoisotopic (exact) mass is 379 g/mol. The van der Waals surface area contributed by atoms with E-state index >= 15 is 0 Å². The molecule has 2 N–H and O–H groups in total. The number of aromatic amines is 1. The summed E-state index contributed by atoms with van der Waals surface area (Å²) in [6, 6.07) is 16.4. The molecule has 0 bridgehead atoms. The number of methoxy groups -OCH3 is 1. The Morgan fingerprint density at radius 2 is 1.89 bits per heavy atom. The first-order valence-corrected chi connectivity index (χ1v) is 9.70. The first-order valence-electron chi connectivity index (χ1n) is 9.70. The predicted molar refractivity (Wildman–Crippen MR) is 114 cm³/mol. The standard InChI is InChI=1S/C23H29N3O2/c1-26(2)22(17-11-13-19(28-3)14-12-17)16-25-23(27)10-6-7-18-15-24-21-9-5-4-8-20(18)21/h4-5,8-9,11-15,22,24H,6-7,10,16H2,1-3H3,(H,25,27). The minimum absolute atomic E-state index is 0.0974. The van der Waals surface area contributed by atoms with Crippen molar-refractivity contribution in [2.24, 2.45) is 0 Å². The van der Waals surface area contributed by atoms with Gasteiger partial charge in [0.25, 0.3) is 0 Å². The fraction of sp³-hybridized carbons (Fsp3) is 0.348. The molecule has 0 aliphatic rings. The zero-order valence-electron chi connectivity index (χ0n) is 16.9. The summed E-state index contributed by atoms with van der Waals surface area (Å²) < 4.78 is 5.22. The number of aromatic nitrogens is 1. The van der Waals surface area contributed by atoms with E-state index in [0.717, 1.165) is 29.7 Å². The molecule has 0 fully saturated rings. The molecule has 1 aromatic heterocycles. The third-order valence-electron chi connectivity index (χ3n) is 5.14. The summed E-state index contributed by atoms with van der Waals surface area (Å²) in [4.78, 5) is 17.7. The number of hydrogen-bond acceptors (Lipinski definition) is 3. The second kappa shape index (κ2) is 9.42. The van der Waals surface area contributed by atoms with E-state index in [1.165, 1.54) is 10.9 Å². The molecule has 1 heterocycles. The largest absolute Gasteiger partial charge is 0.497 e. The van der Waals surface area contributed by atoms with Crippen molar-refractivity contribution < 1.29 is 9.53 Å². The van der Waals surface area contributed by atoms with Crippen LogP contribution in [0, 0.1) is 0 Å². The van der Waals surface area contributed by atoms with Gasteiger partial charge in [-0.15, -0.1) is 0 Å². The van der Waals surface area contributed by atoms with E-state index in [2.05, 4.69) is 27.3 Å². The van der Waals surface area contributed by atoms with Crippen molar-refractivity contribution in [2.45, 2.75) is 25.3 Å². The van der Waals surface area contributed by atoms with E-state index in [1.54, 1.807) is 7.11 Å². The minimum atomic E-state index is 0.0974. The molecule has 1 amide bonds. The Morgan fingerprint density at radius 1 is 1.14 bits per heavy atom. The Balaban J connectivity index is 1.49. The van der Waals surface area contributed by atoms with Crippen LogP contribution in [0.1, 0.15) is 30.0 Å². The van der Waals surface area contributed by atoms with Gasteiger partial charge in [-0.25, -0.2) is 0 Å². The van der Waals surface area contributed by atoms with Crippen molar-refractivity contribution in [3.63, 3.8) is 0 Å². The molecule has 1 unspecified atom stereocenters. The Bertz CT molecular complexity index is 900. The van der Waals surface area contributed by atoms with Crippen molar-refractivity contribution in [3.8, 4) is 5.75 Å². The van der Waals surface area contributed by atoms with E-state index in [-0.39, 0.29) is 11.9 Å². The average molecular weight is 380 g/mol. The molecule has 3 rings (SSSR count). The summed E-state index contributed by atoms with van der Waals surface area (Å²) >= 11 is 0. The van der Waals surface area contributed by atoms with Crippen LogP contribution in [-0.2, 0) is 11.2 Å². The number of carbonyl (C=O) groups excluding carboxylic acids is 1. The number of hydrogen-bond donors (Lipinski definition) is 2. The van der Waals surface area contributed by atoms with Crippen molar-refractivity contribution in [2.75, 3.05) is 27.7 Å². The lowest BCUT2D eigenvalue weighted by molar-refractivity contribution is -0.121. The molecule has 0 aliphatic carbocycles. The molecule has 0 saturated carbocycles. The quantitative estimate of drug-likeness (QED) is 0.592. The van der Waals surface area contributed by atoms with Crippen molar-refractivity contribution in [3.05, 3.63) is 65.9 Å². The van der Waals surface area contributed by atoms with Crippen LogP contribution in [0.5, 0.6) is 5.75 Å². The van der Waals surface area contributed by atoms with Gasteiger partial charge in [0.05, 0.1) is 13.2 Å². The van der Waals surface area contributed by atoms with Gasteiger partial charge >= 0.3 is 0 Å². The van der Waals surface area contributed by atoms with Crippen LogP contribution in [-0.4, -0.2) is 43.5 Å². The number of nitrogens with zero attached hydrogens (tertiary/aromatic N) is 1. The summed E-state index contributed by atoms with van der Waals surface area (Å²) in [6.07, 6.45) is 4.31. The van der Waals surface area contributed by atoms with Gasteiger partial charge in [0.1, 0.15) is 5.75 Å². The maximum atomic E-state index is 12.3. The summed E-state index contributed by atoms with van der Waals surface area (Å²) in [5.41, 5.74) is 3.58. The average Bonchev–Trinajstić information content (AvgIpc) is 3.11. The molecule has 0 saturated heterocycles. The number of likely N-dealkylation sites (N-methyl/N-ethyl adjacent to an activating group) is 1. The van der Waals surface area contributed by atoms with E-state index < -0.39 is 0 Å². The number of carbonyl (C=O) groups is 1. The highest BCUT2D eigenvalue weighted by atomic mass is 16.5. The highest BCUT2D eigenvalue weighted by Crippen LogP contribution is 2.21. The molecule has 0 aliphatic heterocycles. The van der Waals surface area contributed by atoms with Crippen LogP contribution in [0.3, 0.4) is 0 Å². The molecular weight excluding hydrogens is 350 g/mol. The van der Waals surface area contributed by atoms with Gasteiger partial charge < -0.3 is 19.9 Å². The normalized spacial score (nSPS) is 12.3. The lowest BCUT2D eigenvalue weighted by Crippen LogP contribution is -2.34. The van der Waals surface area contributed by atoms with E-state index in [1.807, 2.05) is 56.7 Å². The number of aryl methyl sites for hydroxylation is 1. The van der Waals surface area contributed by atoms with Gasteiger partial charge in [-0.3, -0.25) is 4.79 Å². The zero-order chi connectivity index (χ0) is 19.9. The van der Waals surface area contributed by atoms with Crippen LogP contribution in [0.15, 0.2) is 54.7 Å². The first kappa shape index (κ1) is 20.0. The number of H-pyrrole nitrogens is 1. The lowest BCUT2D eigenvalue weighted by atomic mass is 10.1. The second-order valence-electron chi connectivity index (χ2n) is 7.27. The first-order chi connectivity index (χ1) is 13.6. The number of para-hydroxylation sites is 1. The third-order valence-corrected chi connectivity index (χ3v) is 5.14. The Kier molecular flexibility index (Phi) is 6.71. The summed E-state index contributed by atoms with van der Waals surface area (Å²) in [7, 11) is 5.71. The van der Waals surface area contributed by atoms with Gasteiger partial charge in [-0.05, 0) is 56.3 Å². The van der Waals surface area contributed by atoms with Crippen molar-refractivity contribution in [1.82, 2.24) is 15.2 Å².